The first-order valence-electron chi connectivity index (χ1n) is 8.15. The molecule has 1 aromatic carbocycles. The fourth-order valence-electron chi connectivity index (χ4n) is 2.45. The van der Waals surface area contributed by atoms with Gasteiger partial charge in [-0.05, 0) is 67.3 Å². The van der Waals surface area contributed by atoms with E-state index in [1.54, 1.807) is 0 Å². The van der Waals surface area contributed by atoms with E-state index in [1.165, 1.54) is 29.9 Å². The van der Waals surface area contributed by atoms with E-state index in [4.69, 9.17) is 11.6 Å². The summed E-state index contributed by atoms with van der Waals surface area (Å²) in [5.41, 5.74) is 1.29. The lowest BCUT2D eigenvalue weighted by Crippen LogP contribution is -2.27. The Morgan fingerprint density at radius 1 is 1.19 bits per heavy atom. The molecule has 1 N–H and O–H groups in total. The maximum atomic E-state index is 6.31. The Labute approximate surface area is 140 Å². The van der Waals surface area contributed by atoms with Gasteiger partial charge in [-0.15, -0.1) is 0 Å². The smallest absolute Gasteiger partial charge is 0.0438 e. The van der Waals surface area contributed by atoms with Gasteiger partial charge in [-0.25, -0.2) is 0 Å². The molecule has 0 aliphatic rings. The zero-order chi connectivity index (χ0) is 15.5. The standard InChI is InChI=1S/C18H30ClNS/c1-4-21-11-7-8-16(14-20-13-15(2)3)12-17-9-5-6-10-18(17)19/h5-6,9-10,15-16,20H,4,7-8,11-14H2,1-3H3. The number of benzene rings is 1. The van der Waals surface area contributed by atoms with Gasteiger partial charge in [0, 0.05) is 5.02 Å². The molecule has 0 radical (unpaired) electrons. The Hall–Kier alpha value is -0.180. The van der Waals surface area contributed by atoms with Gasteiger partial charge in [0.15, 0.2) is 0 Å². The molecule has 120 valence electrons. The van der Waals surface area contributed by atoms with E-state index < -0.39 is 0 Å². The van der Waals surface area contributed by atoms with Crippen molar-refractivity contribution in [3.8, 4) is 0 Å². The molecule has 0 amide bonds. The van der Waals surface area contributed by atoms with Crippen LogP contribution in [0.3, 0.4) is 0 Å². The number of halogens is 1. The first-order chi connectivity index (χ1) is 10.1. The minimum atomic E-state index is 0.682. The minimum absolute atomic E-state index is 0.682. The van der Waals surface area contributed by atoms with Gasteiger partial charge >= 0.3 is 0 Å². The van der Waals surface area contributed by atoms with Crippen LogP contribution < -0.4 is 5.32 Å². The summed E-state index contributed by atoms with van der Waals surface area (Å²) in [7, 11) is 0. The third-order valence-electron chi connectivity index (χ3n) is 3.56. The summed E-state index contributed by atoms with van der Waals surface area (Å²) in [4.78, 5) is 0. The lowest BCUT2D eigenvalue weighted by atomic mass is 9.94. The van der Waals surface area contributed by atoms with Crippen molar-refractivity contribution in [3.63, 3.8) is 0 Å². The second-order valence-corrected chi connectivity index (χ2v) is 7.85. The highest BCUT2D eigenvalue weighted by molar-refractivity contribution is 7.99. The molecule has 3 heteroatoms. The third kappa shape index (κ3) is 8.75. The normalized spacial score (nSPS) is 12.8. The van der Waals surface area contributed by atoms with E-state index in [0.29, 0.717) is 11.8 Å². The van der Waals surface area contributed by atoms with Crippen molar-refractivity contribution in [3.05, 3.63) is 34.9 Å². The molecule has 0 aromatic heterocycles. The lowest BCUT2D eigenvalue weighted by molar-refractivity contribution is 0.422. The van der Waals surface area contributed by atoms with Crippen LogP contribution in [-0.2, 0) is 6.42 Å². The fourth-order valence-corrected chi connectivity index (χ4v) is 3.32. The van der Waals surface area contributed by atoms with Gasteiger partial charge < -0.3 is 5.32 Å². The van der Waals surface area contributed by atoms with Crippen LogP contribution in [0.2, 0.25) is 5.02 Å². The molecule has 1 nitrogen and oxygen atoms in total. The molecular weight excluding hydrogens is 298 g/mol. The summed E-state index contributed by atoms with van der Waals surface area (Å²) in [6, 6.07) is 8.27. The van der Waals surface area contributed by atoms with Gasteiger partial charge in [-0.1, -0.05) is 50.6 Å². The van der Waals surface area contributed by atoms with Gasteiger partial charge in [0.05, 0.1) is 0 Å². The maximum absolute atomic E-state index is 6.31. The molecule has 1 rings (SSSR count). The molecule has 1 aromatic rings. The Morgan fingerprint density at radius 3 is 2.62 bits per heavy atom. The molecule has 0 spiro atoms. The molecule has 21 heavy (non-hydrogen) atoms. The quantitative estimate of drug-likeness (QED) is 0.555. The Kier molecular flexibility index (Phi) is 10.2. The maximum Gasteiger partial charge on any atom is 0.0438 e. The van der Waals surface area contributed by atoms with Crippen molar-refractivity contribution >= 4 is 23.4 Å². The van der Waals surface area contributed by atoms with Crippen LogP contribution >= 0.6 is 23.4 Å². The second-order valence-electron chi connectivity index (χ2n) is 6.05. The Balaban J connectivity index is 2.47. The summed E-state index contributed by atoms with van der Waals surface area (Å²) < 4.78 is 0. The first-order valence-corrected chi connectivity index (χ1v) is 9.68. The topological polar surface area (TPSA) is 12.0 Å². The largest absolute Gasteiger partial charge is 0.316 e. The highest BCUT2D eigenvalue weighted by Crippen LogP contribution is 2.21. The number of hydrogen-bond donors (Lipinski definition) is 1. The summed E-state index contributed by atoms with van der Waals surface area (Å²) in [6.07, 6.45) is 3.67. The zero-order valence-corrected chi connectivity index (χ0v) is 15.3. The Bertz CT molecular complexity index is 381. The number of nitrogens with one attached hydrogen (secondary N) is 1. The van der Waals surface area contributed by atoms with Crippen molar-refractivity contribution in [1.29, 1.82) is 0 Å². The summed E-state index contributed by atoms with van der Waals surface area (Å²) in [5, 5.41) is 4.53. The molecule has 0 aliphatic heterocycles. The molecule has 0 fully saturated rings. The molecule has 0 saturated heterocycles. The average molecular weight is 328 g/mol. The molecular formula is C18H30ClNS. The van der Waals surface area contributed by atoms with E-state index in [-0.39, 0.29) is 0 Å². The van der Waals surface area contributed by atoms with E-state index in [9.17, 15) is 0 Å². The van der Waals surface area contributed by atoms with E-state index in [1.807, 2.05) is 23.9 Å². The van der Waals surface area contributed by atoms with E-state index in [2.05, 4.69) is 38.2 Å². The molecule has 0 saturated carbocycles. The lowest BCUT2D eigenvalue weighted by Gasteiger charge is -2.19. The highest BCUT2D eigenvalue weighted by Gasteiger charge is 2.11. The van der Waals surface area contributed by atoms with Crippen LogP contribution in [0.4, 0.5) is 0 Å². The van der Waals surface area contributed by atoms with Crippen molar-refractivity contribution in [2.75, 3.05) is 24.6 Å². The predicted molar refractivity (Wildman–Crippen MR) is 98.6 cm³/mol. The van der Waals surface area contributed by atoms with Crippen LogP contribution in [0.25, 0.3) is 0 Å². The summed E-state index contributed by atoms with van der Waals surface area (Å²) >= 11 is 8.35. The minimum Gasteiger partial charge on any atom is -0.316 e. The van der Waals surface area contributed by atoms with Crippen LogP contribution in [0, 0.1) is 11.8 Å². The SMILES string of the molecule is CCSCCCC(CNCC(C)C)Cc1ccccc1Cl. The summed E-state index contributed by atoms with van der Waals surface area (Å²) in [5.74, 6) is 3.89. The van der Waals surface area contributed by atoms with Crippen LogP contribution in [0.15, 0.2) is 24.3 Å². The number of thioether (sulfide) groups is 1. The van der Waals surface area contributed by atoms with Crippen LogP contribution in [0.1, 0.15) is 39.2 Å². The van der Waals surface area contributed by atoms with Crippen molar-refractivity contribution in [1.82, 2.24) is 5.32 Å². The van der Waals surface area contributed by atoms with E-state index >= 15 is 0 Å². The van der Waals surface area contributed by atoms with Gasteiger partial charge in [0.2, 0.25) is 0 Å². The van der Waals surface area contributed by atoms with Crippen molar-refractivity contribution in [2.24, 2.45) is 11.8 Å². The molecule has 0 aliphatic carbocycles. The highest BCUT2D eigenvalue weighted by atomic mass is 35.5. The number of hydrogen-bond acceptors (Lipinski definition) is 2. The van der Waals surface area contributed by atoms with Gasteiger partial charge in [0.1, 0.15) is 0 Å². The van der Waals surface area contributed by atoms with Gasteiger partial charge in [0.25, 0.3) is 0 Å². The number of rotatable bonds is 11. The van der Waals surface area contributed by atoms with Crippen molar-refractivity contribution < 1.29 is 0 Å². The van der Waals surface area contributed by atoms with Crippen LogP contribution in [-0.4, -0.2) is 24.6 Å². The first kappa shape index (κ1) is 18.9. The molecule has 1 atom stereocenters. The van der Waals surface area contributed by atoms with Crippen LogP contribution in [0.5, 0.6) is 0 Å². The fraction of sp³-hybridized carbons (Fsp3) is 0.667. The molecule has 1 unspecified atom stereocenters. The average Bonchev–Trinajstić information content (AvgIpc) is 2.45. The van der Waals surface area contributed by atoms with Crippen molar-refractivity contribution in [2.45, 2.75) is 40.0 Å². The third-order valence-corrected chi connectivity index (χ3v) is 4.91. The zero-order valence-electron chi connectivity index (χ0n) is 13.7. The monoisotopic (exact) mass is 327 g/mol. The Morgan fingerprint density at radius 2 is 1.95 bits per heavy atom. The summed E-state index contributed by atoms with van der Waals surface area (Å²) in [6.45, 7) is 8.95. The van der Waals surface area contributed by atoms with Gasteiger partial charge in [-0.3, -0.25) is 0 Å². The second kappa shape index (κ2) is 11.4. The predicted octanol–water partition coefficient (Wildman–Crippen LogP) is 5.28. The molecule has 0 bridgehead atoms. The van der Waals surface area contributed by atoms with Gasteiger partial charge in [-0.2, -0.15) is 11.8 Å². The molecule has 0 heterocycles. The van der Waals surface area contributed by atoms with E-state index in [0.717, 1.165) is 24.5 Å².